The van der Waals surface area contributed by atoms with Crippen LogP contribution in [0.4, 0.5) is 0 Å². The van der Waals surface area contributed by atoms with Crippen molar-refractivity contribution in [2.24, 2.45) is 0 Å². The molecule has 0 spiro atoms. The highest BCUT2D eigenvalue weighted by molar-refractivity contribution is 6.05. The molecular formula is C23H34N4O3. The number of nitrogens with one attached hydrogen (secondary N) is 1. The van der Waals surface area contributed by atoms with E-state index in [1.807, 2.05) is 28.9 Å². The highest BCUT2D eigenvalue weighted by Crippen LogP contribution is 2.35. The fraction of sp³-hybridized carbons (Fsp3) is 0.652. The van der Waals surface area contributed by atoms with Crippen molar-refractivity contribution in [3.05, 3.63) is 35.2 Å². The van der Waals surface area contributed by atoms with E-state index in [1.165, 1.54) is 0 Å². The highest BCUT2D eigenvalue weighted by atomic mass is 16.6. The molecular weight excluding hydrogens is 380 g/mol. The second kappa shape index (κ2) is 8.65. The molecule has 2 aliphatic heterocycles. The van der Waals surface area contributed by atoms with Gasteiger partial charge in [-0.05, 0) is 25.8 Å². The molecule has 30 heavy (non-hydrogen) atoms. The monoisotopic (exact) mass is 414 g/mol. The van der Waals surface area contributed by atoms with Crippen LogP contribution in [0, 0.1) is 5.21 Å². The molecule has 164 valence electrons. The van der Waals surface area contributed by atoms with Gasteiger partial charge >= 0.3 is 0 Å². The van der Waals surface area contributed by atoms with Gasteiger partial charge in [-0.1, -0.05) is 38.5 Å². The molecule has 2 aromatic rings. The zero-order valence-electron chi connectivity index (χ0n) is 18.3. The van der Waals surface area contributed by atoms with Crippen molar-refractivity contribution in [2.75, 3.05) is 19.8 Å². The minimum atomic E-state index is -0.147. The van der Waals surface area contributed by atoms with Gasteiger partial charge in [-0.15, -0.1) is 0 Å². The van der Waals surface area contributed by atoms with Gasteiger partial charge in [-0.2, -0.15) is 5.10 Å². The number of hydrogen-bond acceptors (Lipinski definition) is 4. The molecule has 2 fully saturated rings. The maximum absolute atomic E-state index is 13.5. The van der Waals surface area contributed by atoms with Gasteiger partial charge in [-0.3, -0.25) is 9.48 Å². The molecule has 2 aliphatic rings. The van der Waals surface area contributed by atoms with E-state index < -0.39 is 0 Å². The van der Waals surface area contributed by atoms with Crippen LogP contribution < -0.4 is 5.32 Å². The fourth-order valence-corrected chi connectivity index (χ4v) is 5.04. The Kier molecular flexibility index (Phi) is 6.14. The van der Waals surface area contributed by atoms with Gasteiger partial charge in [0.2, 0.25) is 0 Å². The maximum atomic E-state index is 13.5. The summed E-state index contributed by atoms with van der Waals surface area (Å²) in [6.45, 7) is 7.98. The van der Waals surface area contributed by atoms with Crippen LogP contribution in [-0.2, 0) is 4.74 Å². The van der Waals surface area contributed by atoms with Crippen LogP contribution in [0.2, 0.25) is 0 Å². The summed E-state index contributed by atoms with van der Waals surface area (Å²) >= 11 is 0. The lowest BCUT2D eigenvalue weighted by Crippen LogP contribution is -2.69. The Labute approximate surface area is 178 Å². The average Bonchev–Trinajstić information content (AvgIpc) is 3.12. The van der Waals surface area contributed by atoms with Gasteiger partial charge < -0.3 is 19.9 Å². The van der Waals surface area contributed by atoms with E-state index in [0.717, 1.165) is 30.2 Å². The maximum Gasteiger partial charge on any atom is 0.272 e. The zero-order chi connectivity index (χ0) is 21.3. The molecule has 1 N–H and O–H groups in total. The zero-order valence-corrected chi connectivity index (χ0v) is 18.3. The first kappa shape index (κ1) is 21.3. The molecule has 1 aromatic carbocycles. The molecule has 4 rings (SSSR count). The summed E-state index contributed by atoms with van der Waals surface area (Å²) in [4.78, 5) is 13.2. The first-order chi connectivity index (χ1) is 14.5. The van der Waals surface area contributed by atoms with E-state index in [1.54, 1.807) is 0 Å². The Morgan fingerprint density at radius 2 is 2.00 bits per heavy atom. The second-order valence-corrected chi connectivity index (χ2v) is 8.99. The molecule has 1 aromatic heterocycles. The number of para-hydroxylation sites is 1. The van der Waals surface area contributed by atoms with Crippen molar-refractivity contribution < 1.29 is 14.2 Å². The largest absolute Gasteiger partial charge is 0.632 e. The number of fused-ring (bicyclic) bond motifs is 3. The minimum Gasteiger partial charge on any atom is -0.632 e. The number of morpholine rings is 1. The van der Waals surface area contributed by atoms with E-state index in [2.05, 4.69) is 31.2 Å². The van der Waals surface area contributed by atoms with Crippen molar-refractivity contribution in [3.63, 3.8) is 0 Å². The molecule has 0 saturated carbocycles. The normalized spacial score (nSPS) is 29.7. The number of amides is 1. The summed E-state index contributed by atoms with van der Waals surface area (Å²) in [5, 5.41) is 22.3. The van der Waals surface area contributed by atoms with Gasteiger partial charge in [0.05, 0.1) is 25.3 Å². The van der Waals surface area contributed by atoms with Crippen LogP contribution in [0.25, 0.3) is 10.9 Å². The number of nitrogens with zero attached hydrogens (tertiary/aromatic N) is 3. The lowest BCUT2D eigenvalue weighted by molar-refractivity contribution is -0.943. The van der Waals surface area contributed by atoms with Crippen molar-refractivity contribution in [1.29, 1.82) is 0 Å². The van der Waals surface area contributed by atoms with E-state index in [0.29, 0.717) is 38.3 Å². The molecule has 7 nitrogen and oxygen atoms in total. The molecule has 3 heterocycles. The van der Waals surface area contributed by atoms with Gasteiger partial charge in [0.25, 0.3) is 5.91 Å². The fourth-order valence-electron chi connectivity index (χ4n) is 5.04. The van der Waals surface area contributed by atoms with Crippen LogP contribution in [0.5, 0.6) is 0 Å². The molecule has 0 radical (unpaired) electrons. The number of rotatable bonds is 7. The summed E-state index contributed by atoms with van der Waals surface area (Å²) in [7, 11) is 0. The smallest absolute Gasteiger partial charge is 0.272 e. The lowest BCUT2D eigenvalue weighted by Gasteiger charge is -2.60. The minimum absolute atomic E-state index is 0.00858. The number of aromatic nitrogens is 2. The summed E-state index contributed by atoms with van der Waals surface area (Å²) in [6.07, 6.45) is 4.24. The molecule has 2 saturated heterocycles. The van der Waals surface area contributed by atoms with Crippen LogP contribution in [0.15, 0.2) is 24.3 Å². The van der Waals surface area contributed by atoms with Crippen LogP contribution in [-0.4, -0.2) is 58.2 Å². The van der Waals surface area contributed by atoms with Crippen molar-refractivity contribution >= 4 is 16.8 Å². The first-order valence-corrected chi connectivity index (χ1v) is 11.4. The third-order valence-electron chi connectivity index (χ3n) is 7.00. The van der Waals surface area contributed by atoms with Crippen molar-refractivity contribution in [1.82, 2.24) is 15.1 Å². The average molecular weight is 415 g/mol. The quantitative estimate of drug-likeness (QED) is 0.552. The molecule has 2 bridgehead atoms. The predicted octanol–water partition coefficient (Wildman–Crippen LogP) is 3.78. The number of carbonyl (C=O) groups is 1. The Bertz CT molecular complexity index is 882. The van der Waals surface area contributed by atoms with Gasteiger partial charge in [0.1, 0.15) is 12.1 Å². The van der Waals surface area contributed by atoms with Crippen LogP contribution in [0.3, 0.4) is 0 Å². The van der Waals surface area contributed by atoms with Crippen molar-refractivity contribution in [2.45, 2.75) is 77.0 Å². The first-order valence-electron chi connectivity index (χ1n) is 11.4. The summed E-state index contributed by atoms with van der Waals surface area (Å²) in [5.74, 6) is -0.142. The highest BCUT2D eigenvalue weighted by Gasteiger charge is 2.47. The number of quaternary nitrogens is 1. The standard InChI is InChI=1S/C23H34N4O3/c1-4-6-11-27(29)18-12-17(13-19(27)15-30-14-18)24-23(28)22-20-9-7-8-10-21(20)26(25-22)16(3)5-2/h7-10,16-19H,4-6,11-15H2,1-3H3,(H,24,28)/t16?,17?,18-,19+,27?. The van der Waals surface area contributed by atoms with E-state index in [9.17, 15) is 10.0 Å². The van der Waals surface area contributed by atoms with Gasteiger partial charge in [-0.25, -0.2) is 0 Å². The second-order valence-electron chi connectivity index (χ2n) is 8.99. The molecule has 5 atom stereocenters. The molecule has 1 amide bonds. The predicted molar refractivity (Wildman–Crippen MR) is 117 cm³/mol. The lowest BCUT2D eigenvalue weighted by atomic mass is 9.88. The molecule has 7 heteroatoms. The van der Waals surface area contributed by atoms with E-state index in [4.69, 9.17) is 4.74 Å². The van der Waals surface area contributed by atoms with Crippen molar-refractivity contribution in [3.8, 4) is 0 Å². The number of carbonyl (C=O) groups excluding carboxylic acids is 1. The van der Waals surface area contributed by atoms with Crippen LogP contribution >= 0.6 is 0 Å². The molecule has 3 unspecified atom stereocenters. The number of hydroxylamine groups is 3. The Morgan fingerprint density at radius 1 is 1.30 bits per heavy atom. The summed E-state index contributed by atoms with van der Waals surface area (Å²) in [5.41, 5.74) is 1.47. The number of ether oxygens (including phenoxy) is 1. The third-order valence-corrected chi connectivity index (χ3v) is 7.00. The van der Waals surface area contributed by atoms with Gasteiger partial charge in [0, 0.05) is 30.3 Å². The Morgan fingerprint density at radius 3 is 2.67 bits per heavy atom. The number of benzene rings is 1. The topological polar surface area (TPSA) is 79.2 Å². The Balaban J connectivity index is 1.53. The summed E-state index contributed by atoms with van der Waals surface area (Å²) in [6, 6.07) is 7.93. The van der Waals surface area contributed by atoms with Crippen LogP contribution in [0.1, 0.15) is 69.4 Å². The molecule has 0 aliphatic carbocycles. The third kappa shape index (κ3) is 3.74. The van der Waals surface area contributed by atoms with E-state index in [-0.39, 0.29) is 34.7 Å². The Hall–Kier alpha value is -1.96. The number of piperidine rings is 1. The van der Waals surface area contributed by atoms with E-state index >= 15 is 0 Å². The van der Waals surface area contributed by atoms with Gasteiger partial charge in [0.15, 0.2) is 5.69 Å². The summed E-state index contributed by atoms with van der Waals surface area (Å²) < 4.78 is 7.51. The SMILES string of the molecule is CCCC[N+]1([O-])[C@@H]2COC[C@H]1CC(NC(=O)c1nn(C(C)CC)c3ccccc13)C2. The number of hydrogen-bond donors (Lipinski definition) is 1. The number of unbranched alkanes of at least 4 members (excludes halogenated alkanes) is 1.